The van der Waals surface area contributed by atoms with Crippen LogP contribution in [-0.2, 0) is 33.1 Å². The minimum absolute atomic E-state index is 0.0795. The first kappa shape index (κ1) is 25.8. The number of carbonyl (C=O) groups excluding carboxylic acids is 3. The second-order valence-corrected chi connectivity index (χ2v) is 8.94. The molecule has 8 heteroatoms. The molecule has 0 fully saturated rings. The van der Waals surface area contributed by atoms with Crippen molar-refractivity contribution in [2.24, 2.45) is 5.73 Å². The number of hydrogen-bond donors (Lipinski definition) is 3. The number of thioether (sulfide) groups is 1. The number of nitrogens with two attached hydrogens (primary N) is 1. The van der Waals surface area contributed by atoms with Crippen molar-refractivity contribution < 1.29 is 19.1 Å². The Morgan fingerprint density at radius 2 is 1.29 bits per heavy atom. The van der Waals surface area contributed by atoms with E-state index in [0.717, 1.165) is 16.7 Å². The molecule has 0 spiro atoms. The van der Waals surface area contributed by atoms with Crippen molar-refractivity contribution in [2.75, 3.05) is 5.75 Å². The molecule has 3 amide bonds. The van der Waals surface area contributed by atoms with Crippen LogP contribution in [0, 0.1) is 0 Å². The quantitative estimate of drug-likeness (QED) is 0.360. The number of ether oxygens (including phenoxy) is 1. The number of hydrogen-bond acceptors (Lipinski definition) is 5. The third-order valence-corrected chi connectivity index (χ3v) is 6.27. The summed E-state index contributed by atoms with van der Waals surface area (Å²) < 4.78 is 5.29. The third-order valence-electron chi connectivity index (χ3n) is 5.16. The van der Waals surface area contributed by atoms with Crippen molar-refractivity contribution in [3.63, 3.8) is 0 Å². The van der Waals surface area contributed by atoms with E-state index in [1.165, 1.54) is 11.8 Å². The SMILES string of the molecule is NC(=O)[C@@H](Cc1ccccc1)NC(=O)[C@H](CSCc1ccccc1)NC(=O)OCc1ccccc1. The Hall–Kier alpha value is -3.78. The van der Waals surface area contributed by atoms with Crippen LogP contribution in [-0.4, -0.2) is 35.7 Å². The lowest BCUT2D eigenvalue weighted by molar-refractivity contribution is -0.128. The molecule has 0 aromatic heterocycles. The molecule has 0 aliphatic heterocycles. The normalized spacial score (nSPS) is 12.2. The second kappa shape index (κ2) is 13.8. The van der Waals surface area contributed by atoms with Crippen LogP contribution in [0.25, 0.3) is 0 Å². The van der Waals surface area contributed by atoms with Crippen LogP contribution in [0.15, 0.2) is 91.0 Å². The number of benzene rings is 3. The summed E-state index contributed by atoms with van der Waals surface area (Å²) in [5.41, 5.74) is 8.35. The molecular weight excluding hydrogens is 462 g/mol. The first-order chi connectivity index (χ1) is 17.0. The largest absolute Gasteiger partial charge is 0.445 e. The van der Waals surface area contributed by atoms with E-state index in [2.05, 4.69) is 10.6 Å². The van der Waals surface area contributed by atoms with Gasteiger partial charge in [-0.1, -0.05) is 91.0 Å². The smallest absolute Gasteiger partial charge is 0.408 e. The highest BCUT2D eigenvalue weighted by Crippen LogP contribution is 2.14. The summed E-state index contributed by atoms with van der Waals surface area (Å²) in [5.74, 6) is -0.196. The molecule has 0 heterocycles. The lowest BCUT2D eigenvalue weighted by Gasteiger charge is -2.22. The molecule has 3 rings (SSSR count). The van der Waals surface area contributed by atoms with E-state index in [4.69, 9.17) is 10.5 Å². The minimum Gasteiger partial charge on any atom is -0.445 e. The lowest BCUT2D eigenvalue weighted by Crippen LogP contribution is -2.54. The first-order valence-corrected chi connectivity index (χ1v) is 12.4. The molecule has 3 aromatic carbocycles. The van der Waals surface area contributed by atoms with Crippen molar-refractivity contribution in [1.82, 2.24) is 10.6 Å². The minimum atomic E-state index is -0.912. The van der Waals surface area contributed by atoms with E-state index >= 15 is 0 Å². The van der Waals surface area contributed by atoms with Gasteiger partial charge in [0.2, 0.25) is 11.8 Å². The van der Waals surface area contributed by atoms with Crippen LogP contribution >= 0.6 is 11.8 Å². The molecule has 182 valence electrons. The molecule has 0 saturated carbocycles. The number of nitrogens with one attached hydrogen (secondary N) is 2. The predicted octanol–water partition coefficient (Wildman–Crippen LogP) is 3.43. The molecule has 0 unspecified atom stereocenters. The highest BCUT2D eigenvalue weighted by molar-refractivity contribution is 7.98. The van der Waals surface area contributed by atoms with Gasteiger partial charge in [0.1, 0.15) is 18.7 Å². The Labute approximate surface area is 209 Å². The van der Waals surface area contributed by atoms with Crippen LogP contribution in [0.2, 0.25) is 0 Å². The van der Waals surface area contributed by atoms with Gasteiger partial charge in [-0.25, -0.2) is 4.79 Å². The van der Waals surface area contributed by atoms with E-state index < -0.39 is 30.0 Å². The van der Waals surface area contributed by atoms with Crippen LogP contribution in [0.3, 0.4) is 0 Å². The molecule has 7 nitrogen and oxygen atoms in total. The van der Waals surface area contributed by atoms with E-state index in [1.54, 1.807) is 0 Å². The third kappa shape index (κ3) is 9.17. The Morgan fingerprint density at radius 3 is 1.86 bits per heavy atom. The zero-order valence-corrected chi connectivity index (χ0v) is 20.1. The maximum atomic E-state index is 13.1. The number of rotatable bonds is 12. The monoisotopic (exact) mass is 491 g/mol. The fourth-order valence-electron chi connectivity index (χ4n) is 3.30. The number of carbonyl (C=O) groups is 3. The van der Waals surface area contributed by atoms with Crippen molar-refractivity contribution in [1.29, 1.82) is 0 Å². The van der Waals surface area contributed by atoms with Gasteiger partial charge in [0.15, 0.2) is 0 Å². The highest BCUT2D eigenvalue weighted by atomic mass is 32.2. The zero-order valence-electron chi connectivity index (χ0n) is 19.3. The Bertz CT molecular complexity index is 1080. The van der Waals surface area contributed by atoms with Gasteiger partial charge in [0.05, 0.1) is 0 Å². The maximum Gasteiger partial charge on any atom is 0.408 e. The van der Waals surface area contributed by atoms with E-state index in [1.807, 2.05) is 91.0 Å². The number of alkyl carbamates (subject to hydrolysis) is 1. The van der Waals surface area contributed by atoms with Gasteiger partial charge in [-0.2, -0.15) is 11.8 Å². The van der Waals surface area contributed by atoms with Crippen molar-refractivity contribution in [3.8, 4) is 0 Å². The van der Waals surface area contributed by atoms with Gasteiger partial charge in [-0.05, 0) is 16.7 Å². The van der Waals surface area contributed by atoms with Crippen molar-refractivity contribution in [2.45, 2.75) is 30.9 Å². The average molecular weight is 492 g/mol. The summed E-state index contributed by atoms with van der Waals surface area (Å²) >= 11 is 1.49. The molecule has 35 heavy (non-hydrogen) atoms. The molecule has 0 aliphatic rings. The topological polar surface area (TPSA) is 111 Å². The van der Waals surface area contributed by atoms with Crippen LogP contribution in [0.5, 0.6) is 0 Å². The lowest BCUT2D eigenvalue weighted by atomic mass is 10.1. The Balaban J connectivity index is 1.62. The predicted molar refractivity (Wildman–Crippen MR) is 137 cm³/mol. The fourth-order valence-corrected chi connectivity index (χ4v) is 4.32. The van der Waals surface area contributed by atoms with Gasteiger partial charge in [0.25, 0.3) is 0 Å². The molecule has 3 aromatic rings. The second-order valence-electron chi connectivity index (χ2n) is 7.91. The molecule has 0 radical (unpaired) electrons. The molecule has 0 aliphatic carbocycles. The van der Waals surface area contributed by atoms with E-state index in [9.17, 15) is 14.4 Å². The molecule has 0 saturated heterocycles. The molecule has 0 bridgehead atoms. The Morgan fingerprint density at radius 1 is 0.743 bits per heavy atom. The summed E-state index contributed by atoms with van der Waals surface area (Å²) in [7, 11) is 0. The zero-order chi connectivity index (χ0) is 24.9. The van der Waals surface area contributed by atoms with E-state index in [-0.39, 0.29) is 18.8 Å². The maximum absolute atomic E-state index is 13.1. The van der Waals surface area contributed by atoms with E-state index in [0.29, 0.717) is 5.75 Å². The molecule has 4 N–H and O–H groups in total. The number of amides is 3. The van der Waals surface area contributed by atoms with Crippen LogP contribution in [0.1, 0.15) is 16.7 Å². The standard InChI is InChI=1S/C27H29N3O4S/c28-25(31)23(16-20-10-4-1-5-11-20)29-26(32)24(19-35-18-22-14-8-3-9-15-22)30-27(33)34-17-21-12-6-2-7-13-21/h1-15,23-24H,16-19H2,(H2,28,31)(H,29,32)(H,30,33)/t23-,24+/m1/s1. The summed E-state index contributed by atoms with van der Waals surface area (Å²) in [6, 6.07) is 26.5. The van der Waals surface area contributed by atoms with Gasteiger partial charge in [-0.15, -0.1) is 0 Å². The summed E-state index contributed by atoms with van der Waals surface area (Å²) in [5, 5.41) is 5.33. The van der Waals surface area contributed by atoms with Crippen LogP contribution in [0.4, 0.5) is 4.79 Å². The van der Waals surface area contributed by atoms with Crippen molar-refractivity contribution >= 4 is 29.7 Å². The van der Waals surface area contributed by atoms with Gasteiger partial charge in [0, 0.05) is 17.9 Å². The summed E-state index contributed by atoms with van der Waals surface area (Å²) in [4.78, 5) is 37.6. The molecular formula is C27H29N3O4S. The van der Waals surface area contributed by atoms with Crippen molar-refractivity contribution in [3.05, 3.63) is 108 Å². The van der Waals surface area contributed by atoms with Crippen LogP contribution < -0.4 is 16.4 Å². The first-order valence-electron chi connectivity index (χ1n) is 11.2. The Kier molecular flexibility index (Phi) is 10.2. The number of primary amides is 1. The molecule has 2 atom stereocenters. The van der Waals surface area contributed by atoms with Gasteiger partial charge >= 0.3 is 6.09 Å². The highest BCUT2D eigenvalue weighted by Gasteiger charge is 2.26. The van der Waals surface area contributed by atoms with Gasteiger partial charge < -0.3 is 21.1 Å². The summed E-state index contributed by atoms with van der Waals surface area (Å²) in [6.07, 6.45) is -0.461. The average Bonchev–Trinajstić information content (AvgIpc) is 2.88. The fraction of sp³-hybridized carbons (Fsp3) is 0.222. The summed E-state index contributed by atoms with van der Waals surface area (Å²) in [6.45, 7) is 0.0795. The van der Waals surface area contributed by atoms with Gasteiger partial charge in [-0.3, -0.25) is 9.59 Å².